The second-order valence-corrected chi connectivity index (χ2v) is 5.86. The third-order valence-corrected chi connectivity index (χ3v) is 3.84. The van der Waals surface area contributed by atoms with Crippen LogP contribution in [0.1, 0.15) is 18.4 Å². The van der Waals surface area contributed by atoms with Gasteiger partial charge in [-0.3, -0.25) is 0 Å². The van der Waals surface area contributed by atoms with Gasteiger partial charge in [-0.1, -0.05) is 0 Å². The molecule has 1 N–H and O–H groups in total. The van der Waals surface area contributed by atoms with Crippen molar-refractivity contribution >= 4 is 0 Å². The summed E-state index contributed by atoms with van der Waals surface area (Å²) < 4.78 is 5.05. The molecule has 0 bridgehead atoms. The summed E-state index contributed by atoms with van der Waals surface area (Å²) in [5.41, 5.74) is 1.23. The average Bonchev–Trinajstić information content (AvgIpc) is 2.89. The first-order valence-electron chi connectivity index (χ1n) is 7.33. The molecule has 1 aliphatic rings. The second-order valence-electron chi connectivity index (χ2n) is 5.86. The number of piperidine rings is 1. The third kappa shape index (κ3) is 5.35. The lowest BCUT2D eigenvalue weighted by Gasteiger charge is -2.33. The number of furan rings is 1. The van der Waals surface area contributed by atoms with Crippen molar-refractivity contribution in [3.63, 3.8) is 0 Å². The Bertz CT molecular complexity index is 329. The van der Waals surface area contributed by atoms with Gasteiger partial charge in [-0.25, -0.2) is 0 Å². The molecule has 0 saturated carbocycles. The highest BCUT2D eigenvalue weighted by molar-refractivity contribution is 5.04. The van der Waals surface area contributed by atoms with Crippen LogP contribution in [0.25, 0.3) is 0 Å². The monoisotopic (exact) mass is 265 g/mol. The molecule has 0 unspecified atom stereocenters. The number of likely N-dealkylation sites (tertiary alicyclic amines) is 1. The van der Waals surface area contributed by atoms with Gasteiger partial charge in [0.2, 0.25) is 0 Å². The molecule has 0 spiro atoms. The number of nitrogens with zero attached hydrogens (tertiary/aromatic N) is 2. The minimum Gasteiger partial charge on any atom is -0.472 e. The molecule has 0 aromatic carbocycles. The lowest BCUT2D eigenvalue weighted by Crippen LogP contribution is -2.40. The maximum Gasteiger partial charge on any atom is 0.0947 e. The molecule has 4 nitrogen and oxygen atoms in total. The van der Waals surface area contributed by atoms with Crippen molar-refractivity contribution in [3.8, 4) is 0 Å². The van der Waals surface area contributed by atoms with Crippen molar-refractivity contribution in [2.45, 2.75) is 19.4 Å². The fourth-order valence-corrected chi connectivity index (χ4v) is 2.77. The maximum atomic E-state index is 5.05. The molecule has 1 saturated heterocycles. The fourth-order valence-electron chi connectivity index (χ4n) is 2.77. The fraction of sp³-hybridized carbons (Fsp3) is 0.733. The Morgan fingerprint density at radius 2 is 2.16 bits per heavy atom. The van der Waals surface area contributed by atoms with Gasteiger partial charge in [0.25, 0.3) is 0 Å². The zero-order chi connectivity index (χ0) is 13.5. The molecule has 4 heteroatoms. The van der Waals surface area contributed by atoms with Crippen LogP contribution in [0.3, 0.4) is 0 Å². The standard InChI is InChI=1S/C15H27N3O/c1-17(2)12-14-3-7-18(8-4-14)9-6-16-11-15-5-10-19-13-15/h5,10,13-14,16H,3-4,6-9,11-12H2,1-2H3. The Morgan fingerprint density at radius 3 is 2.79 bits per heavy atom. The lowest BCUT2D eigenvalue weighted by atomic mass is 9.96. The van der Waals surface area contributed by atoms with Gasteiger partial charge in [0.15, 0.2) is 0 Å². The number of hydrogen-bond acceptors (Lipinski definition) is 4. The molecular weight excluding hydrogens is 238 g/mol. The summed E-state index contributed by atoms with van der Waals surface area (Å²) in [6.07, 6.45) is 6.23. The van der Waals surface area contributed by atoms with E-state index in [1.807, 2.05) is 6.07 Å². The van der Waals surface area contributed by atoms with Crippen LogP contribution in [0, 0.1) is 5.92 Å². The SMILES string of the molecule is CN(C)CC1CCN(CCNCc2ccoc2)CC1. The highest BCUT2D eigenvalue weighted by atomic mass is 16.3. The van der Waals surface area contributed by atoms with E-state index in [2.05, 4.69) is 29.2 Å². The number of rotatable bonds is 7. The minimum absolute atomic E-state index is 0.894. The van der Waals surface area contributed by atoms with E-state index in [1.54, 1.807) is 12.5 Å². The van der Waals surface area contributed by atoms with E-state index < -0.39 is 0 Å². The van der Waals surface area contributed by atoms with Crippen LogP contribution in [0.4, 0.5) is 0 Å². The summed E-state index contributed by atoms with van der Waals surface area (Å²) in [7, 11) is 4.35. The Kier molecular flexibility index (Phi) is 5.89. The summed E-state index contributed by atoms with van der Waals surface area (Å²) in [4.78, 5) is 4.89. The lowest BCUT2D eigenvalue weighted by molar-refractivity contribution is 0.163. The van der Waals surface area contributed by atoms with Crippen molar-refractivity contribution < 1.29 is 4.42 Å². The van der Waals surface area contributed by atoms with Gasteiger partial charge in [0.1, 0.15) is 0 Å². The van der Waals surface area contributed by atoms with Crippen molar-refractivity contribution in [2.24, 2.45) is 5.92 Å². The van der Waals surface area contributed by atoms with E-state index in [4.69, 9.17) is 4.42 Å². The summed E-state index contributed by atoms with van der Waals surface area (Å²) in [6, 6.07) is 2.01. The molecule has 1 aromatic heterocycles. The molecule has 1 aromatic rings. The average molecular weight is 265 g/mol. The smallest absolute Gasteiger partial charge is 0.0947 e. The van der Waals surface area contributed by atoms with Crippen molar-refractivity contribution in [1.29, 1.82) is 0 Å². The first-order chi connectivity index (χ1) is 9.24. The molecule has 0 radical (unpaired) electrons. The Balaban J connectivity index is 1.53. The highest BCUT2D eigenvalue weighted by Crippen LogP contribution is 2.17. The van der Waals surface area contributed by atoms with Crippen LogP contribution in [0.15, 0.2) is 23.0 Å². The largest absolute Gasteiger partial charge is 0.472 e. The minimum atomic E-state index is 0.894. The summed E-state index contributed by atoms with van der Waals surface area (Å²) >= 11 is 0. The van der Waals surface area contributed by atoms with E-state index in [-0.39, 0.29) is 0 Å². The predicted octanol–water partition coefficient (Wildman–Crippen LogP) is 1.64. The van der Waals surface area contributed by atoms with Crippen molar-refractivity contribution in [2.75, 3.05) is 46.8 Å². The molecule has 1 aliphatic heterocycles. The molecular formula is C15H27N3O. The van der Waals surface area contributed by atoms with Gasteiger partial charge >= 0.3 is 0 Å². The van der Waals surface area contributed by atoms with Crippen LogP contribution < -0.4 is 5.32 Å². The van der Waals surface area contributed by atoms with Gasteiger partial charge in [-0.15, -0.1) is 0 Å². The molecule has 2 heterocycles. The first-order valence-corrected chi connectivity index (χ1v) is 7.33. The molecule has 19 heavy (non-hydrogen) atoms. The molecule has 0 aliphatic carbocycles. The zero-order valence-corrected chi connectivity index (χ0v) is 12.3. The number of nitrogens with one attached hydrogen (secondary N) is 1. The second kappa shape index (κ2) is 7.68. The van der Waals surface area contributed by atoms with Gasteiger partial charge in [0.05, 0.1) is 12.5 Å². The third-order valence-electron chi connectivity index (χ3n) is 3.84. The van der Waals surface area contributed by atoms with Crippen LogP contribution in [-0.2, 0) is 6.54 Å². The van der Waals surface area contributed by atoms with E-state index in [0.717, 1.165) is 25.6 Å². The Labute approximate surface area is 116 Å². The number of hydrogen-bond donors (Lipinski definition) is 1. The predicted molar refractivity (Wildman–Crippen MR) is 78.1 cm³/mol. The van der Waals surface area contributed by atoms with Gasteiger partial charge in [-0.2, -0.15) is 0 Å². The highest BCUT2D eigenvalue weighted by Gasteiger charge is 2.18. The normalized spacial score (nSPS) is 18.3. The molecule has 1 fully saturated rings. The van der Waals surface area contributed by atoms with Gasteiger partial charge < -0.3 is 19.5 Å². The summed E-state index contributed by atoms with van der Waals surface area (Å²) in [5, 5.41) is 3.47. The van der Waals surface area contributed by atoms with Crippen LogP contribution >= 0.6 is 0 Å². The molecule has 0 atom stereocenters. The Morgan fingerprint density at radius 1 is 1.37 bits per heavy atom. The van der Waals surface area contributed by atoms with E-state index in [0.29, 0.717) is 0 Å². The van der Waals surface area contributed by atoms with Crippen LogP contribution in [0.2, 0.25) is 0 Å². The van der Waals surface area contributed by atoms with Crippen molar-refractivity contribution in [3.05, 3.63) is 24.2 Å². The van der Waals surface area contributed by atoms with E-state index >= 15 is 0 Å². The quantitative estimate of drug-likeness (QED) is 0.760. The van der Waals surface area contributed by atoms with Crippen molar-refractivity contribution in [1.82, 2.24) is 15.1 Å². The summed E-state index contributed by atoms with van der Waals surface area (Å²) in [5.74, 6) is 0.894. The van der Waals surface area contributed by atoms with Crippen LogP contribution in [-0.4, -0.2) is 56.6 Å². The molecule has 108 valence electrons. The first kappa shape index (κ1) is 14.6. The van der Waals surface area contributed by atoms with Gasteiger partial charge in [-0.05, 0) is 52.0 Å². The zero-order valence-electron chi connectivity index (χ0n) is 12.3. The van der Waals surface area contributed by atoms with E-state index in [9.17, 15) is 0 Å². The van der Waals surface area contributed by atoms with Crippen LogP contribution in [0.5, 0.6) is 0 Å². The molecule has 2 rings (SSSR count). The van der Waals surface area contributed by atoms with Gasteiger partial charge in [0, 0.05) is 31.7 Å². The molecule has 0 amide bonds. The maximum absolute atomic E-state index is 5.05. The van der Waals surface area contributed by atoms with E-state index in [1.165, 1.54) is 38.0 Å². The Hall–Kier alpha value is -0.840. The topological polar surface area (TPSA) is 31.6 Å². The summed E-state index contributed by atoms with van der Waals surface area (Å²) in [6.45, 7) is 6.88.